The molecule has 0 radical (unpaired) electrons. The van der Waals surface area contributed by atoms with E-state index in [1.165, 1.54) is 20.8 Å². The molecule has 0 aliphatic carbocycles. The minimum atomic E-state index is -4.35. The average molecular weight is 339 g/mol. The molecule has 104 valence electrons. The maximum atomic E-state index is 14.0. The predicted octanol–water partition coefficient (Wildman–Crippen LogP) is 2.94. The van der Waals surface area contributed by atoms with Crippen molar-refractivity contribution in [3.63, 3.8) is 0 Å². The minimum absolute atomic E-state index is 0.0170. The molecule has 0 bridgehead atoms. The van der Waals surface area contributed by atoms with Crippen molar-refractivity contribution in [3.8, 4) is 0 Å². The summed E-state index contributed by atoms with van der Waals surface area (Å²) in [5, 5.41) is -0.498. The van der Waals surface area contributed by atoms with Gasteiger partial charge in [-0.2, -0.15) is 8.78 Å². The summed E-state index contributed by atoms with van der Waals surface area (Å²) in [5.41, 5.74) is -3.77. The van der Waals surface area contributed by atoms with Crippen molar-refractivity contribution in [1.82, 2.24) is 0 Å². The van der Waals surface area contributed by atoms with Crippen molar-refractivity contribution < 1.29 is 26.4 Å². The first-order valence-electron chi connectivity index (χ1n) is 5.41. The van der Waals surface area contributed by atoms with Gasteiger partial charge < -0.3 is 13.3 Å². The van der Waals surface area contributed by atoms with Crippen LogP contribution in [0.5, 0.6) is 0 Å². The van der Waals surface area contributed by atoms with Crippen molar-refractivity contribution >= 4 is 24.7 Å². The molecule has 0 fully saturated rings. The number of alkyl halides is 4. The van der Waals surface area contributed by atoms with Crippen LogP contribution in [0, 0.1) is 0 Å². The van der Waals surface area contributed by atoms with Gasteiger partial charge in [0.1, 0.15) is 0 Å². The zero-order valence-electron chi connectivity index (χ0n) is 10.1. The summed E-state index contributed by atoms with van der Waals surface area (Å²) in [6.45, 7) is 4.57. The Balaban J connectivity index is 5.21. The maximum absolute atomic E-state index is 14.0. The van der Waals surface area contributed by atoms with E-state index in [4.69, 9.17) is 13.3 Å². The summed E-state index contributed by atoms with van der Waals surface area (Å²) in [5.74, 6) is 0. The third kappa shape index (κ3) is 3.92. The van der Waals surface area contributed by atoms with Crippen LogP contribution in [0.1, 0.15) is 20.8 Å². The molecule has 1 atom stereocenters. The third-order valence-corrected chi connectivity index (χ3v) is 5.64. The van der Waals surface area contributed by atoms with E-state index in [0.717, 1.165) is 0 Å². The standard InChI is InChI=1S/C9H18BrF3O3Si/c1-4-14-17(15-5-2,16-6-3)9(12,13)8(11)7-10/h8H,4-7H2,1-3H3. The number of hydrogen-bond acceptors (Lipinski definition) is 3. The second-order valence-electron chi connectivity index (χ2n) is 3.10. The molecule has 0 aliphatic rings. The summed E-state index contributed by atoms with van der Waals surface area (Å²) in [6.07, 6.45) is -2.40. The molecule has 1 unspecified atom stereocenters. The Morgan fingerprint density at radius 2 is 1.41 bits per heavy atom. The van der Waals surface area contributed by atoms with Crippen LogP contribution in [0.2, 0.25) is 0 Å². The SMILES string of the molecule is CCO[Si](OCC)(OCC)C(F)(F)C(F)CBr. The van der Waals surface area contributed by atoms with Crippen LogP contribution in [0.3, 0.4) is 0 Å². The van der Waals surface area contributed by atoms with Crippen LogP contribution in [0.25, 0.3) is 0 Å². The summed E-state index contributed by atoms with van der Waals surface area (Å²) in [6, 6.07) is 0. The fraction of sp³-hybridized carbons (Fsp3) is 1.00. The van der Waals surface area contributed by atoms with E-state index in [1.54, 1.807) is 0 Å². The fourth-order valence-electron chi connectivity index (χ4n) is 1.27. The van der Waals surface area contributed by atoms with Crippen LogP contribution in [0.15, 0.2) is 0 Å². The first-order valence-corrected chi connectivity index (χ1v) is 8.26. The molecule has 17 heavy (non-hydrogen) atoms. The summed E-state index contributed by atoms with van der Waals surface area (Å²) < 4.78 is 56.3. The molecule has 0 aromatic carbocycles. The van der Waals surface area contributed by atoms with Gasteiger partial charge in [-0.1, -0.05) is 15.9 Å². The molecule has 0 amide bonds. The summed E-state index contributed by atoms with van der Waals surface area (Å²) >= 11 is 2.70. The molecule has 0 N–H and O–H groups in total. The lowest BCUT2D eigenvalue weighted by molar-refractivity contribution is -0.0853. The number of halogens is 4. The largest absolute Gasteiger partial charge is 0.577 e. The Morgan fingerprint density at radius 3 is 1.65 bits per heavy atom. The summed E-state index contributed by atoms with van der Waals surface area (Å²) in [4.78, 5) is 0. The Morgan fingerprint density at radius 1 is 1.06 bits per heavy atom. The molecule has 0 aromatic heterocycles. The lowest BCUT2D eigenvalue weighted by Crippen LogP contribution is -2.65. The molecule has 3 nitrogen and oxygen atoms in total. The van der Waals surface area contributed by atoms with Crippen molar-refractivity contribution in [2.75, 3.05) is 25.2 Å². The van der Waals surface area contributed by atoms with Crippen LogP contribution >= 0.6 is 15.9 Å². The lowest BCUT2D eigenvalue weighted by Gasteiger charge is -2.35. The number of rotatable bonds is 9. The van der Waals surface area contributed by atoms with Gasteiger partial charge in [0, 0.05) is 25.2 Å². The fourth-order valence-corrected chi connectivity index (χ4v) is 4.43. The van der Waals surface area contributed by atoms with Gasteiger partial charge in [-0.05, 0) is 20.8 Å². The monoisotopic (exact) mass is 338 g/mol. The predicted molar refractivity (Wildman–Crippen MR) is 64.3 cm³/mol. The van der Waals surface area contributed by atoms with E-state index in [9.17, 15) is 13.2 Å². The van der Waals surface area contributed by atoms with Crippen molar-refractivity contribution in [3.05, 3.63) is 0 Å². The molecule has 0 saturated heterocycles. The maximum Gasteiger partial charge on any atom is 0.577 e. The molecule has 0 aromatic rings. The highest BCUT2D eigenvalue weighted by Gasteiger charge is 2.68. The molecular formula is C9H18BrF3O3Si. The van der Waals surface area contributed by atoms with Gasteiger partial charge in [0.15, 0.2) is 6.17 Å². The van der Waals surface area contributed by atoms with Gasteiger partial charge in [0.25, 0.3) is 0 Å². The van der Waals surface area contributed by atoms with Gasteiger partial charge in [-0.3, -0.25) is 0 Å². The van der Waals surface area contributed by atoms with Crippen LogP contribution < -0.4 is 0 Å². The Kier molecular flexibility index (Phi) is 7.89. The molecule has 8 heteroatoms. The third-order valence-electron chi connectivity index (χ3n) is 1.94. The van der Waals surface area contributed by atoms with Gasteiger partial charge in [0.05, 0.1) is 0 Å². The first kappa shape index (κ1) is 17.4. The van der Waals surface area contributed by atoms with Gasteiger partial charge >= 0.3 is 14.4 Å². The zero-order chi connectivity index (χ0) is 13.5. The van der Waals surface area contributed by atoms with Gasteiger partial charge in [-0.25, -0.2) is 4.39 Å². The highest BCUT2D eigenvalue weighted by Crippen LogP contribution is 2.36. The Bertz CT molecular complexity index is 205. The molecular weight excluding hydrogens is 321 g/mol. The number of hydrogen-bond donors (Lipinski definition) is 0. The van der Waals surface area contributed by atoms with Crippen molar-refractivity contribution in [2.45, 2.75) is 32.5 Å². The van der Waals surface area contributed by atoms with E-state index in [0.29, 0.717) is 0 Å². The van der Waals surface area contributed by atoms with Gasteiger partial charge in [-0.15, -0.1) is 0 Å². The highest BCUT2D eigenvalue weighted by molar-refractivity contribution is 9.09. The van der Waals surface area contributed by atoms with Crippen molar-refractivity contribution in [2.24, 2.45) is 0 Å². The minimum Gasteiger partial charge on any atom is -0.370 e. The van der Waals surface area contributed by atoms with Crippen LogP contribution in [0.4, 0.5) is 13.2 Å². The van der Waals surface area contributed by atoms with E-state index in [1.807, 2.05) is 0 Å². The second kappa shape index (κ2) is 7.73. The van der Waals surface area contributed by atoms with Crippen LogP contribution in [-0.2, 0) is 13.3 Å². The lowest BCUT2D eigenvalue weighted by atomic mass is 10.5. The zero-order valence-corrected chi connectivity index (χ0v) is 12.7. The normalized spacial score (nSPS) is 15.0. The molecule has 0 saturated carbocycles. The molecule has 0 heterocycles. The highest BCUT2D eigenvalue weighted by atomic mass is 79.9. The smallest absolute Gasteiger partial charge is 0.370 e. The molecule has 0 rings (SSSR count). The molecule has 0 spiro atoms. The second-order valence-corrected chi connectivity index (χ2v) is 6.39. The van der Waals surface area contributed by atoms with Crippen LogP contribution in [-0.4, -0.2) is 45.7 Å². The van der Waals surface area contributed by atoms with Crippen molar-refractivity contribution in [1.29, 1.82) is 0 Å². The average Bonchev–Trinajstić information content (AvgIpc) is 2.28. The Labute approximate surface area is 109 Å². The van der Waals surface area contributed by atoms with E-state index in [-0.39, 0.29) is 19.8 Å². The quantitative estimate of drug-likeness (QED) is 0.478. The first-order chi connectivity index (χ1) is 7.91. The van der Waals surface area contributed by atoms with E-state index in [2.05, 4.69) is 15.9 Å². The Hall–Kier alpha value is 0.367. The summed E-state index contributed by atoms with van der Waals surface area (Å²) in [7, 11) is -4.35. The topological polar surface area (TPSA) is 27.7 Å². The van der Waals surface area contributed by atoms with Gasteiger partial charge in [0.2, 0.25) is 0 Å². The van der Waals surface area contributed by atoms with E-state index >= 15 is 0 Å². The molecule has 0 aliphatic heterocycles. The van der Waals surface area contributed by atoms with E-state index < -0.39 is 25.9 Å².